The van der Waals surface area contributed by atoms with Crippen LogP contribution in [0.5, 0.6) is 0 Å². The molecule has 0 atom stereocenters. The highest BCUT2D eigenvalue weighted by Gasteiger charge is 2.34. The van der Waals surface area contributed by atoms with Gasteiger partial charge in [-0.25, -0.2) is 14.7 Å². The van der Waals surface area contributed by atoms with E-state index >= 15 is 0 Å². The van der Waals surface area contributed by atoms with Crippen LogP contribution in [0.4, 0.5) is 9.93 Å². The van der Waals surface area contributed by atoms with Gasteiger partial charge in [0.15, 0.2) is 5.17 Å². The fourth-order valence-electron chi connectivity index (χ4n) is 3.72. The first kappa shape index (κ1) is 20.9. The second kappa shape index (κ2) is 10.7. The van der Waals surface area contributed by atoms with Gasteiger partial charge in [-0.3, -0.25) is 4.99 Å². The summed E-state index contributed by atoms with van der Waals surface area (Å²) in [5.41, 5.74) is 0. The van der Waals surface area contributed by atoms with E-state index in [1.54, 1.807) is 22.9 Å². The van der Waals surface area contributed by atoms with Gasteiger partial charge in [0.2, 0.25) is 5.13 Å². The summed E-state index contributed by atoms with van der Waals surface area (Å²) in [4.78, 5) is 26.4. The number of hydrogen-bond donors (Lipinski definition) is 0. The monoisotopic (exact) mass is 428 g/mol. The van der Waals surface area contributed by atoms with Gasteiger partial charge in [0, 0.05) is 18.3 Å². The van der Waals surface area contributed by atoms with Gasteiger partial charge in [0.25, 0.3) is 0 Å². The highest BCUT2D eigenvalue weighted by molar-refractivity contribution is 8.14. The van der Waals surface area contributed by atoms with Crippen molar-refractivity contribution in [1.29, 1.82) is 0 Å². The first-order valence-corrected chi connectivity index (χ1v) is 12.3. The lowest BCUT2D eigenvalue weighted by atomic mass is 9.94. The standard InChI is InChI=1S/C19H29ClN4OS2/c1-2-3-4-8-12-23(15-9-6-5-7-10-15)19(25)24(17-21-11-13-26-17)18-22-14-16(20)27-18/h14-15H,2-13H2,1H3. The number of aliphatic imine (C=N–C) groups is 1. The quantitative estimate of drug-likeness (QED) is 0.497. The Morgan fingerprint density at radius 2 is 2.07 bits per heavy atom. The molecule has 3 rings (SSSR count). The number of urea groups is 1. The van der Waals surface area contributed by atoms with Crippen LogP contribution in [0.3, 0.4) is 0 Å². The highest BCUT2D eigenvalue weighted by Crippen LogP contribution is 2.32. The van der Waals surface area contributed by atoms with Gasteiger partial charge in [0.1, 0.15) is 4.34 Å². The van der Waals surface area contributed by atoms with E-state index in [1.165, 1.54) is 49.9 Å². The Bertz CT molecular complexity index is 645. The van der Waals surface area contributed by atoms with E-state index in [0.29, 0.717) is 15.5 Å². The fraction of sp³-hybridized carbons (Fsp3) is 0.737. The van der Waals surface area contributed by atoms with E-state index < -0.39 is 0 Å². The molecule has 2 heterocycles. The zero-order chi connectivity index (χ0) is 19.1. The van der Waals surface area contributed by atoms with Crippen molar-refractivity contribution in [3.8, 4) is 0 Å². The molecular weight excluding hydrogens is 400 g/mol. The summed E-state index contributed by atoms with van der Waals surface area (Å²) in [6, 6.07) is 0.357. The van der Waals surface area contributed by atoms with E-state index in [-0.39, 0.29) is 6.03 Å². The van der Waals surface area contributed by atoms with Crippen molar-refractivity contribution in [2.24, 2.45) is 4.99 Å². The largest absolute Gasteiger partial charge is 0.332 e. The number of thiazole rings is 1. The van der Waals surface area contributed by atoms with Gasteiger partial charge < -0.3 is 4.90 Å². The maximum atomic E-state index is 13.7. The van der Waals surface area contributed by atoms with Crippen LogP contribution in [0.25, 0.3) is 0 Å². The number of thioether (sulfide) groups is 1. The van der Waals surface area contributed by atoms with Crippen molar-refractivity contribution in [3.63, 3.8) is 0 Å². The van der Waals surface area contributed by atoms with Crippen LogP contribution in [0.15, 0.2) is 11.2 Å². The summed E-state index contributed by atoms with van der Waals surface area (Å²) in [6.45, 7) is 3.79. The normalized spacial score (nSPS) is 17.8. The Labute approximate surface area is 175 Å². The summed E-state index contributed by atoms with van der Waals surface area (Å²) in [5, 5.41) is 1.40. The molecule has 0 unspecified atom stereocenters. The molecule has 0 radical (unpaired) electrons. The predicted molar refractivity (Wildman–Crippen MR) is 117 cm³/mol. The number of carbonyl (C=O) groups excluding carboxylic acids is 1. The summed E-state index contributed by atoms with van der Waals surface area (Å²) < 4.78 is 0.596. The van der Waals surface area contributed by atoms with Gasteiger partial charge >= 0.3 is 6.03 Å². The number of aromatic nitrogens is 1. The average molecular weight is 429 g/mol. The molecule has 27 heavy (non-hydrogen) atoms. The number of halogens is 1. The van der Waals surface area contributed by atoms with E-state index in [4.69, 9.17) is 11.6 Å². The number of hydrogen-bond acceptors (Lipinski definition) is 5. The van der Waals surface area contributed by atoms with Crippen LogP contribution in [0, 0.1) is 0 Å². The Morgan fingerprint density at radius 3 is 2.70 bits per heavy atom. The van der Waals surface area contributed by atoms with Gasteiger partial charge in [0.05, 0.1) is 12.7 Å². The molecule has 5 nitrogen and oxygen atoms in total. The smallest absolute Gasteiger partial charge is 0.321 e. The third-order valence-corrected chi connectivity index (χ3v) is 7.18. The zero-order valence-corrected chi connectivity index (χ0v) is 18.4. The van der Waals surface area contributed by atoms with Crippen LogP contribution >= 0.6 is 34.7 Å². The second-order valence-electron chi connectivity index (χ2n) is 7.12. The summed E-state index contributed by atoms with van der Waals surface area (Å²) in [5.74, 6) is 0.915. The van der Waals surface area contributed by atoms with Crippen molar-refractivity contribution in [1.82, 2.24) is 9.88 Å². The van der Waals surface area contributed by atoms with Crippen molar-refractivity contribution >= 4 is 51.0 Å². The maximum Gasteiger partial charge on any atom is 0.332 e. The molecule has 2 aliphatic rings. The summed E-state index contributed by atoms with van der Waals surface area (Å²) >= 11 is 9.10. The number of anilines is 1. The van der Waals surface area contributed by atoms with Crippen molar-refractivity contribution in [2.75, 3.05) is 23.7 Å². The molecule has 8 heteroatoms. The molecule has 1 aliphatic carbocycles. The van der Waals surface area contributed by atoms with Crippen LogP contribution in [0.2, 0.25) is 4.34 Å². The molecule has 1 aliphatic heterocycles. The molecule has 1 aromatic heterocycles. The van der Waals surface area contributed by atoms with E-state index in [2.05, 4.69) is 21.8 Å². The number of unbranched alkanes of at least 4 members (excludes halogenated alkanes) is 3. The second-order valence-corrected chi connectivity index (χ2v) is 9.83. The molecule has 0 bridgehead atoms. The number of nitrogens with zero attached hydrogens (tertiary/aromatic N) is 4. The van der Waals surface area contributed by atoms with Crippen molar-refractivity contribution < 1.29 is 4.79 Å². The maximum absolute atomic E-state index is 13.7. The van der Waals surface area contributed by atoms with E-state index in [9.17, 15) is 4.79 Å². The fourth-order valence-corrected chi connectivity index (χ4v) is 5.51. The molecule has 0 spiro atoms. The molecule has 0 aromatic carbocycles. The molecule has 1 fully saturated rings. The lowest BCUT2D eigenvalue weighted by Gasteiger charge is -2.37. The molecule has 1 saturated carbocycles. The predicted octanol–water partition coefficient (Wildman–Crippen LogP) is 6.04. The Balaban J connectivity index is 1.81. The molecule has 0 saturated heterocycles. The Hall–Kier alpha value is -0.790. The minimum Gasteiger partial charge on any atom is -0.321 e. The number of rotatable bonds is 7. The molecule has 0 N–H and O–H groups in total. The first-order chi connectivity index (χ1) is 13.2. The minimum absolute atomic E-state index is 0.0255. The molecule has 2 amide bonds. The lowest BCUT2D eigenvalue weighted by Crippen LogP contribution is -2.50. The number of carbonyl (C=O) groups is 1. The van der Waals surface area contributed by atoms with Crippen molar-refractivity contribution in [2.45, 2.75) is 70.8 Å². The topological polar surface area (TPSA) is 48.8 Å². The zero-order valence-electron chi connectivity index (χ0n) is 16.0. The van der Waals surface area contributed by atoms with E-state index in [1.807, 2.05) is 0 Å². The van der Waals surface area contributed by atoms with Gasteiger partial charge in [-0.15, -0.1) is 0 Å². The Morgan fingerprint density at radius 1 is 1.26 bits per heavy atom. The van der Waals surface area contributed by atoms with Gasteiger partial charge in [-0.05, 0) is 19.3 Å². The third-order valence-electron chi connectivity index (χ3n) is 5.12. The van der Waals surface area contributed by atoms with Crippen LogP contribution in [-0.4, -0.2) is 46.0 Å². The third kappa shape index (κ3) is 5.61. The highest BCUT2D eigenvalue weighted by atomic mass is 35.5. The summed E-state index contributed by atoms with van der Waals surface area (Å²) in [6.07, 6.45) is 12.2. The number of amidine groups is 1. The SMILES string of the molecule is CCCCCCN(C(=O)N(C1=NCCS1)c1ncc(Cl)s1)C1CCCCC1. The minimum atomic E-state index is 0.0255. The first-order valence-electron chi connectivity index (χ1n) is 10.1. The van der Waals surface area contributed by atoms with E-state index in [0.717, 1.165) is 43.3 Å². The van der Waals surface area contributed by atoms with Gasteiger partial charge in [-0.2, -0.15) is 0 Å². The Kier molecular flexibility index (Phi) is 8.27. The number of amides is 2. The lowest BCUT2D eigenvalue weighted by molar-refractivity contribution is 0.162. The van der Waals surface area contributed by atoms with Crippen LogP contribution in [-0.2, 0) is 0 Å². The average Bonchev–Trinajstić information content (AvgIpc) is 3.35. The van der Waals surface area contributed by atoms with Gasteiger partial charge in [-0.1, -0.05) is 80.1 Å². The molecule has 150 valence electrons. The molecule has 1 aromatic rings. The van der Waals surface area contributed by atoms with Crippen LogP contribution < -0.4 is 4.90 Å². The molecular formula is C19H29ClN4OS2. The van der Waals surface area contributed by atoms with Crippen molar-refractivity contribution in [3.05, 3.63) is 10.5 Å². The summed E-state index contributed by atoms with van der Waals surface area (Å²) in [7, 11) is 0. The van der Waals surface area contributed by atoms with Crippen LogP contribution in [0.1, 0.15) is 64.7 Å².